The lowest BCUT2D eigenvalue weighted by molar-refractivity contribution is 0.481. The maximum absolute atomic E-state index is 5.87. The molecule has 2 N–H and O–H groups in total. The van der Waals surface area contributed by atoms with E-state index in [1.807, 2.05) is 36.4 Å². The summed E-state index contributed by atoms with van der Waals surface area (Å²) < 4.78 is 5.82. The van der Waals surface area contributed by atoms with Gasteiger partial charge < -0.3 is 10.5 Å². The van der Waals surface area contributed by atoms with Crippen LogP contribution in [-0.2, 0) is 5.41 Å². The van der Waals surface area contributed by atoms with E-state index in [0.29, 0.717) is 11.4 Å². The molecule has 0 aromatic heterocycles. The van der Waals surface area contributed by atoms with Gasteiger partial charge in [-0.2, -0.15) is 0 Å². The van der Waals surface area contributed by atoms with Gasteiger partial charge in [-0.15, -0.1) is 0 Å². The number of rotatable bonds is 2. The summed E-state index contributed by atoms with van der Waals surface area (Å²) in [5.41, 5.74) is 7.88. The van der Waals surface area contributed by atoms with Gasteiger partial charge in [-0.05, 0) is 35.2 Å². The van der Waals surface area contributed by atoms with Crippen LogP contribution >= 0.6 is 0 Å². The van der Waals surface area contributed by atoms with E-state index in [9.17, 15) is 0 Å². The van der Waals surface area contributed by atoms with E-state index in [1.54, 1.807) is 0 Å². The Morgan fingerprint density at radius 3 is 2.33 bits per heavy atom. The summed E-state index contributed by atoms with van der Waals surface area (Å²) in [6.07, 6.45) is 0. The highest BCUT2D eigenvalue weighted by molar-refractivity contribution is 5.53. The SMILES string of the molecule is CC(C)(C)c1cccc(Oc2ccccc2N)c1. The molecule has 0 bridgehead atoms. The zero-order valence-corrected chi connectivity index (χ0v) is 11.1. The summed E-state index contributed by atoms with van der Waals surface area (Å²) in [7, 11) is 0. The second kappa shape index (κ2) is 4.73. The van der Waals surface area contributed by atoms with Crippen molar-refractivity contribution in [2.24, 2.45) is 0 Å². The number of para-hydroxylation sites is 2. The first-order valence-corrected chi connectivity index (χ1v) is 6.10. The summed E-state index contributed by atoms with van der Waals surface area (Å²) >= 11 is 0. The fourth-order valence-corrected chi connectivity index (χ4v) is 1.73. The highest BCUT2D eigenvalue weighted by atomic mass is 16.5. The van der Waals surface area contributed by atoms with Gasteiger partial charge in [0, 0.05) is 0 Å². The molecule has 18 heavy (non-hydrogen) atoms. The Balaban J connectivity index is 2.28. The zero-order chi connectivity index (χ0) is 13.2. The van der Waals surface area contributed by atoms with Crippen molar-refractivity contribution in [3.8, 4) is 11.5 Å². The third-order valence-electron chi connectivity index (χ3n) is 2.85. The van der Waals surface area contributed by atoms with Crippen LogP contribution < -0.4 is 10.5 Å². The van der Waals surface area contributed by atoms with Crippen molar-refractivity contribution >= 4 is 5.69 Å². The molecule has 2 aromatic carbocycles. The van der Waals surface area contributed by atoms with E-state index >= 15 is 0 Å². The Morgan fingerprint density at radius 1 is 0.944 bits per heavy atom. The molecular weight excluding hydrogens is 222 g/mol. The second-order valence-electron chi connectivity index (χ2n) is 5.42. The fraction of sp³-hybridized carbons (Fsp3) is 0.250. The Labute approximate surface area is 108 Å². The van der Waals surface area contributed by atoms with Crippen molar-refractivity contribution in [2.75, 3.05) is 5.73 Å². The summed E-state index contributed by atoms with van der Waals surface area (Å²) in [6.45, 7) is 6.55. The maximum Gasteiger partial charge on any atom is 0.150 e. The molecule has 0 unspecified atom stereocenters. The number of benzene rings is 2. The standard InChI is InChI=1S/C16H19NO/c1-16(2,3)12-7-6-8-13(11-12)18-15-10-5-4-9-14(15)17/h4-11H,17H2,1-3H3. The quantitative estimate of drug-likeness (QED) is 0.793. The smallest absolute Gasteiger partial charge is 0.150 e. The van der Waals surface area contributed by atoms with Crippen LogP contribution in [0.15, 0.2) is 48.5 Å². The lowest BCUT2D eigenvalue weighted by Crippen LogP contribution is -2.10. The van der Waals surface area contributed by atoms with E-state index in [0.717, 1.165) is 5.75 Å². The molecule has 0 fully saturated rings. The van der Waals surface area contributed by atoms with E-state index < -0.39 is 0 Å². The third kappa shape index (κ3) is 2.83. The zero-order valence-electron chi connectivity index (χ0n) is 11.1. The largest absolute Gasteiger partial charge is 0.455 e. The van der Waals surface area contributed by atoms with Gasteiger partial charge in [0.2, 0.25) is 0 Å². The Bertz CT molecular complexity index is 541. The summed E-state index contributed by atoms with van der Waals surface area (Å²) in [5, 5.41) is 0. The van der Waals surface area contributed by atoms with E-state index in [2.05, 4.69) is 32.9 Å². The van der Waals surface area contributed by atoms with Gasteiger partial charge in [-0.3, -0.25) is 0 Å². The minimum atomic E-state index is 0.113. The Kier molecular flexibility index (Phi) is 3.28. The number of hydrogen-bond donors (Lipinski definition) is 1. The summed E-state index contributed by atoms with van der Waals surface area (Å²) in [4.78, 5) is 0. The summed E-state index contributed by atoms with van der Waals surface area (Å²) in [6, 6.07) is 15.7. The van der Waals surface area contributed by atoms with Crippen molar-refractivity contribution < 1.29 is 4.74 Å². The molecule has 0 radical (unpaired) electrons. The highest BCUT2D eigenvalue weighted by Crippen LogP contribution is 2.30. The van der Waals surface area contributed by atoms with Gasteiger partial charge >= 0.3 is 0 Å². The monoisotopic (exact) mass is 241 g/mol. The van der Waals surface area contributed by atoms with Crippen LogP contribution in [0, 0.1) is 0 Å². The number of nitrogens with two attached hydrogens (primary N) is 1. The van der Waals surface area contributed by atoms with Crippen LogP contribution in [-0.4, -0.2) is 0 Å². The summed E-state index contributed by atoms with van der Waals surface area (Å²) in [5.74, 6) is 1.52. The van der Waals surface area contributed by atoms with Crippen molar-refractivity contribution in [2.45, 2.75) is 26.2 Å². The van der Waals surface area contributed by atoms with Crippen LogP contribution in [0.25, 0.3) is 0 Å². The Morgan fingerprint density at radius 2 is 1.67 bits per heavy atom. The molecule has 0 atom stereocenters. The van der Waals surface area contributed by atoms with E-state index in [1.165, 1.54) is 5.56 Å². The van der Waals surface area contributed by atoms with Gasteiger partial charge in [0.25, 0.3) is 0 Å². The normalized spacial score (nSPS) is 11.3. The average molecular weight is 241 g/mol. The minimum absolute atomic E-state index is 0.113. The van der Waals surface area contributed by atoms with Gasteiger partial charge in [-0.1, -0.05) is 45.0 Å². The molecule has 2 nitrogen and oxygen atoms in total. The van der Waals surface area contributed by atoms with Crippen LogP contribution in [0.1, 0.15) is 26.3 Å². The first-order chi connectivity index (χ1) is 8.47. The van der Waals surface area contributed by atoms with Gasteiger partial charge in [0.1, 0.15) is 11.5 Å². The van der Waals surface area contributed by atoms with Crippen molar-refractivity contribution in [1.29, 1.82) is 0 Å². The lowest BCUT2D eigenvalue weighted by Gasteiger charge is -2.19. The highest BCUT2D eigenvalue weighted by Gasteiger charge is 2.14. The molecule has 2 aromatic rings. The van der Waals surface area contributed by atoms with Gasteiger partial charge in [0.15, 0.2) is 0 Å². The van der Waals surface area contributed by atoms with Crippen LogP contribution in [0.2, 0.25) is 0 Å². The van der Waals surface area contributed by atoms with Crippen molar-refractivity contribution in [3.63, 3.8) is 0 Å². The van der Waals surface area contributed by atoms with Crippen molar-refractivity contribution in [3.05, 3.63) is 54.1 Å². The first-order valence-electron chi connectivity index (χ1n) is 6.10. The molecule has 0 aliphatic rings. The molecule has 0 aliphatic heterocycles. The Hall–Kier alpha value is -1.96. The topological polar surface area (TPSA) is 35.2 Å². The number of nitrogen functional groups attached to an aromatic ring is 1. The third-order valence-corrected chi connectivity index (χ3v) is 2.85. The maximum atomic E-state index is 5.87. The van der Waals surface area contributed by atoms with Gasteiger partial charge in [0.05, 0.1) is 5.69 Å². The predicted molar refractivity (Wildman–Crippen MR) is 76.1 cm³/mol. The molecule has 0 saturated heterocycles. The fourth-order valence-electron chi connectivity index (χ4n) is 1.73. The molecule has 0 saturated carbocycles. The minimum Gasteiger partial charge on any atom is -0.455 e. The molecular formula is C16H19NO. The molecule has 2 rings (SSSR count). The van der Waals surface area contributed by atoms with Gasteiger partial charge in [-0.25, -0.2) is 0 Å². The average Bonchev–Trinajstić information content (AvgIpc) is 2.31. The van der Waals surface area contributed by atoms with Crippen LogP contribution in [0.4, 0.5) is 5.69 Å². The molecule has 0 amide bonds. The van der Waals surface area contributed by atoms with Crippen LogP contribution in [0.3, 0.4) is 0 Å². The molecule has 0 aliphatic carbocycles. The van der Waals surface area contributed by atoms with Crippen molar-refractivity contribution in [1.82, 2.24) is 0 Å². The van der Waals surface area contributed by atoms with Crippen LogP contribution in [0.5, 0.6) is 11.5 Å². The number of hydrogen-bond acceptors (Lipinski definition) is 2. The lowest BCUT2D eigenvalue weighted by atomic mass is 9.87. The second-order valence-corrected chi connectivity index (χ2v) is 5.42. The van der Waals surface area contributed by atoms with E-state index in [4.69, 9.17) is 10.5 Å². The predicted octanol–water partition coefficient (Wildman–Crippen LogP) is 4.36. The number of ether oxygens (including phenoxy) is 1. The molecule has 0 spiro atoms. The molecule has 94 valence electrons. The number of anilines is 1. The molecule has 2 heteroatoms. The molecule has 0 heterocycles. The first kappa shape index (κ1) is 12.5. The van der Waals surface area contributed by atoms with E-state index in [-0.39, 0.29) is 5.41 Å².